The molecule has 16 heteroatoms. The molecule has 0 saturated carbocycles. The topological polar surface area (TPSA) is 196 Å². The van der Waals surface area contributed by atoms with Gasteiger partial charge in [0.2, 0.25) is 0 Å². The number of nitrogens with zero attached hydrogens (tertiary/aromatic N) is 5. The maximum atomic E-state index is 10.9. The quantitative estimate of drug-likeness (QED) is 0.0940. The summed E-state index contributed by atoms with van der Waals surface area (Å²) in [5.74, 6) is 1.55. The third kappa shape index (κ3) is 9.20. The Morgan fingerprint density at radius 3 is 1.92 bits per heavy atom. The Balaban J connectivity index is 0.000000200. The molecule has 0 amide bonds. The van der Waals surface area contributed by atoms with Crippen LogP contribution in [0.3, 0.4) is 0 Å². The number of oxazole rings is 2. The van der Waals surface area contributed by atoms with Gasteiger partial charge in [-0.3, -0.25) is 25.1 Å². The van der Waals surface area contributed by atoms with E-state index in [1.165, 1.54) is 29.8 Å². The van der Waals surface area contributed by atoms with Crippen LogP contribution in [0, 0.1) is 20.2 Å². The molecular weight excluding hydrogens is 660 g/mol. The highest BCUT2D eigenvalue weighted by molar-refractivity contribution is 5.78. The second kappa shape index (κ2) is 16.5. The molecule has 51 heavy (non-hydrogen) atoms. The van der Waals surface area contributed by atoms with Gasteiger partial charge in [-0.15, -0.1) is 0 Å². The number of likely N-dealkylation sites (tertiary alicyclic amines) is 1. The molecule has 2 fully saturated rings. The fourth-order valence-electron chi connectivity index (χ4n) is 6.14. The predicted octanol–water partition coefficient (Wildman–Crippen LogP) is 6.51. The number of nitro benzene ring substituents is 2. The molecule has 2 saturated heterocycles. The van der Waals surface area contributed by atoms with E-state index in [1.807, 2.05) is 6.07 Å². The number of non-ortho nitro benzene ring substituents is 2. The Morgan fingerprint density at radius 2 is 1.39 bits per heavy atom. The lowest BCUT2D eigenvalue weighted by molar-refractivity contribution is -0.384. The molecule has 0 atom stereocenters. The average Bonchev–Trinajstić information content (AvgIpc) is 3.74. The summed E-state index contributed by atoms with van der Waals surface area (Å²) in [6.07, 6.45) is 4.88. The van der Waals surface area contributed by atoms with Crippen LogP contribution in [-0.2, 0) is 6.54 Å². The van der Waals surface area contributed by atoms with Crippen LogP contribution in [0.15, 0.2) is 63.4 Å². The number of fused-ring (bicyclic) bond motifs is 2. The lowest BCUT2D eigenvalue weighted by Crippen LogP contribution is -2.38. The van der Waals surface area contributed by atoms with Gasteiger partial charge in [0.25, 0.3) is 23.4 Å². The standard InChI is InChI=1S/C23H28N4O5.C12H14N4O3/c1-3-12-31-22-13-16(4-6-21(22)30-2)15-26-10-8-17(9-11-26)24-23-25-19-14-18(27(28)29)5-7-20(19)32-23;17-16(18)9-1-2-11-10(7-9)15-12(19-11)14-8-3-5-13-6-4-8/h4-7,13-14,17H,3,8-12,15H2,1-2H3,(H,24,25);1-2,7-8,13H,3-6H2,(H,14,15). The van der Waals surface area contributed by atoms with E-state index in [9.17, 15) is 20.2 Å². The van der Waals surface area contributed by atoms with Crippen LogP contribution in [0.4, 0.5) is 23.4 Å². The number of hydrogen-bond donors (Lipinski definition) is 3. The molecule has 2 aromatic heterocycles. The van der Waals surface area contributed by atoms with Crippen molar-refractivity contribution < 1.29 is 28.2 Å². The highest BCUT2D eigenvalue weighted by atomic mass is 16.6. The van der Waals surface area contributed by atoms with Gasteiger partial charge in [0.1, 0.15) is 11.0 Å². The van der Waals surface area contributed by atoms with Crippen LogP contribution in [-0.4, -0.2) is 76.7 Å². The molecule has 7 rings (SSSR count). The van der Waals surface area contributed by atoms with E-state index in [0.29, 0.717) is 46.9 Å². The van der Waals surface area contributed by atoms with Crippen molar-refractivity contribution in [3.63, 3.8) is 0 Å². The highest BCUT2D eigenvalue weighted by Crippen LogP contribution is 2.30. The van der Waals surface area contributed by atoms with E-state index in [4.69, 9.17) is 18.3 Å². The lowest BCUT2D eigenvalue weighted by Gasteiger charge is -2.32. The van der Waals surface area contributed by atoms with Crippen LogP contribution >= 0.6 is 0 Å². The number of nitro groups is 2. The van der Waals surface area contributed by atoms with Crippen molar-refractivity contribution in [3.05, 3.63) is 80.4 Å². The number of anilines is 2. The molecular formula is C35H42N8O8. The zero-order valence-electron chi connectivity index (χ0n) is 28.6. The number of methoxy groups -OCH3 is 1. The molecule has 0 spiro atoms. The number of rotatable bonds is 12. The maximum Gasteiger partial charge on any atom is 0.295 e. The molecule has 3 aromatic carbocycles. The minimum Gasteiger partial charge on any atom is -0.493 e. The summed E-state index contributed by atoms with van der Waals surface area (Å²) in [5, 5.41) is 31.5. The van der Waals surface area contributed by atoms with Crippen LogP contribution in [0.5, 0.6) is 11.5 Å². The third-order valence-corrected chi connectivity index (χ3v) is 8.84. The maximum absolute atomic E-state index is 10.9. The van der Waals surface area contributed by atoms with E-state index < -0.39 is 9.85 Å². The van der Waals surface area contributed by atoms with Gasteiger partial charge < -0.3 is 34.3 Å². The Bertz CT molecular complexity index is 1950. The van der Waals surface area contributed by atoms with Crippen molar-refractivity contribution in [1.29, 1.82) is 0 Å². The normalized spacial score (nSPS) is 15.6. The van der Waals surface area contributed by atoms with Crippen LogP contribution in [0.2, 0.25) is 0 Å². The Morgan fingerprint density at radius 1 is 0.824 bits per heavy atom. The zero-order valence-corrected chi connectivity index (χ0v) is 28.6. The van der Waals surface area contributed by atoms with E-state index in [1.54, 1.807) is 19.2 Å². The minimum atomic E-state index is -0.436. The van der Waals surface area contributed by atoms with Gasteiger partial charge in [0, 0.05) is 56.0 Å². The molecule has 2 aliphatic heterocycles. The fraction of sp³-hybridized carbons (Fsp3) is 0.429. The number of aromatic nitrogens is 2. The number of piperidine rings is 2. The Kier molecular flexibility index (Phi) is 11.4. The summed E-state index contributed by atoms with van der Waals surface area (Å²) in [6, 6.07) is 16.4. The van der Waals surface area contributed by atoms with Crippen LogP contribution < -0.4 is 25.4 Å². The molecule has 0 bridgehead atoms. The number of benzene rings is 3. The van der Waals surface area contributed by atoms with Crippen molar-refractivity contribution in [2.45, 2.75) is 57.7 Å². The molecule has 2 aliphatic rings. The second-order valence-electron chi connectivity index (χ2n) is 12.6. The summed E-state index contributed by atoms with van der Waals surface area (Å²) >= 11 is 0. The first-order valence-corrected chi connectivity index (χ1v) is 17.1. The van der Waals surface area contributed by atoms with Crippen molar-refractivity contribution >= 4 is 45.6 Å². The molecule has 0 radical (unpaired) electrons. The van der Waals surface area contributed by atoms with Gasteiger partial charge >= 0.3 is 0 Å². The van der Waals surface area contributed by atoms with Gasteiger partial charge in [-0.1, -0.05) is 13.0 Å². The van der Waals surface area contributed by atoms with E-state index in [-0.39, 0.29) is 17.4 Å². The SMILES string of the molecule is CCCOc1cc(CN2CCC(Nc3nc4cc([N+](=O)[O-])ccc4o3)CC2)ccc1OC.O=[N+]([O-])c1ccc2oc(NC3CCNCC3)nc2c1. The van der Waals surface area contributed by atoms with E-state index >= 15 is 0 Å². The smallest absolute Gasteiger partial charge is 0.295 e. The molecule has 4 heterocycles. The molecule has 3 N–H and O–H groups in total. The molecule has 0 aliphatic carbocycles. The van der Waals surface area contributed by atoms with E-state index in [2.05, 4.69) is 49.9 Å². The van der Waals surface area contributed by atoms with Gasteiger partial charge in [-0.05, 0) is 75.0 Å². The minimum absolute atomic E-state index is 0.00689. The highest BCUT2D eigenvalue weighted by Gasteiger charge is 2.22. The first-order chi connectivity index (χ1) is 24.8. The second-order valence-corrected chi connectivity index (χ2v) is 12.6. The largest absolute Gasteiger partial charge is 0.493 e. The van der Waals surface area contributed by atoms with Crippen molar-refractivity contribution in [3.8, 4) is 11.5 Å². The van der Waals surface area contributed by atoms with Crippen LogP contribution in [0.1, 0.15) is 44.6 Å². The van der Waals surface area contributed by atoms with Gasteiger partial charge in [0.15, 0.2) is 22.7 Å². The summed E-state index contributed by atoms with van der Waals surface area (Å²) < 4.78 is 22.5. The average molecular weight is 703 g/mol. The van der Waals surface area contributed by atoms with Gasteiger partial charge in [-0.25, -0.2) is 0 Å². The predicted molar refractivity (Wildman–Crippen MR) is 192 cm³/mol. The molecule has 0 unspecified atom stereocenters. The van der Waals surface area contributed by atoms with E-state index in [0.717, 1.165) is 76.3 Å². The summed E-state index contributed by atoms with van der Waals surface area (Å²) in [6.45, 7) is 7.44. The lowest BCUT2D eigenvalue weighted by atomic mass is 10.0. The first kappa shape index (κ1) is 35.3. The zero-order chi connectivity index (χ0) is 35.7. The van der Waals surface area contributed by atoms with Crippen molar-refractivity contribution in [2.24, 2.45) is 0 Å². The van der Waals surface area contributed by atoms with Crippen LogP contribution in [0.25, 0.3) is 22.2 Å². The van der Waals surface area contributed by atoms with Gasteiger partial charge in [-0.2, -0.15) is 9.97 Å². The first-order valence-electron chi connectivity index (χ1n) is 17.1. The van der Waals surface area contributed by atoms with Crippen molar-refractivity contribution in [2.75, 3.05) is 50.5 Å². The Hall–Kier alpha value is -5.48. The molecule has 5 aromatic rings. The van der Waals surface area contributed by atoms with Gasteiger partial charge in [0.05, 0.1) is 23.6 Å². The monoisotopic (exact) mass is 702 g/mol. The molecule has 16 nitrogen and oxygen atoms in total. The van der Waals surface area contributed by atoms with Crippen molar-refractivity contribution in [1.82, 2.24) is 20.2 Å². The fourth-order valence-corrected chi connectivity index (χ4v) is 6.14. The number of ether oxygens (including phenoxy) is 2. The number of hydrogen-bond acceptors (Lipinski definition) is 14. The third-order valence-electron chi connectivity index (χ3n) is 8.84. The summed E-state index contributed by atoms with van der Waals surface area (Å²) in [5.41, 5.74) is 3.31. The molecule has 270 valence electrons. The summed E-state index contributed by atoms with van der Waals surface area (Å²) in [7, 11) is 1.66. The summed E-state index contributed by atoms with van der Waals surface area (Å²) in [4.78, 5) is 31.8. The Labute approximate surface area is 293 Å². The number of nitrogens with one attached hydrogen (secondary N) is 3.